The van der Waals surface area contributed by atoms with Gasteiger partial charge in [-0.3, -0.25) is 14.5 Å². The third-order valence-electron chi connectivity index (χ3n) is 4.01. The van der Waals surface area contributed by atoms with E-state index >= 15 is 0 Å². The monoisotopic (exact) mass is 304 g/mol. The van der Waals surface area contributed by atoms with E-state index in [1.165, 1.54) is 12.3 Å². The van der Waals surface area contributed by atoms with Crippen LogP contribution in [0.1, 0.15) is 34.8 Å². The molecule has 0 bridgehead atoms. The molecule has 1 unspecified atom stereocenters. The SMILES string of the molecule is Cn1cc(C(NC(=O)c2ccncc2F)C2CC(O)C2)cn1. The van der Waals surface area contributed by atoms with Crippen LogP contribution in [0.5, 0.6) is 0 Å². The number of carbonyl (C=O) groups is 1. The minimum atomic E-state index is -0.654. The number of hydrogen-bond acceptors (Lipinski definition) is 4. The van der Waals surface area contributed by atoms with Crippen molar-refractivity contribution in [3.8, 4) is 0 Å². The summed E-state index contributed by atoms with van der Waals surface area (Å²) in [6.45, 7) is 0. The van der Waals surface area contributed by atoms with Gasteiger partial charge in [0.2, 0.25) is 0 Å². The summed E-state index contributed by atoms with van der Waals surface area (Å²) >= 11 is 0. The van der Waals surface area contributed by atoms with Crippen molar-refractivity contribution in [1.82, 2.24) is 20.1 Å². The molecule has 0 spiro atoms. The minimum Gasteiger partial charge on any atom is -0.393 e. The zero-order valence-electron chi connectivity index (χ0n) is 12.1. The number of halogens is 1. The molecule has 0 radical (unpaired) electrons. The second kappa shape index (κ2) is 5.84. The summed E-state index contributed by atoms with van der Waals surface area (Å²) in [5.41, 5.74) is 0.811. The number of aliphatic hydroxyl groups is 1. The van der Waals surface area contributed by atoms with E-state index in [0.29, 0.717) is 12.8 Å². The summed E-state index contributed by atoms with van der Waals surface area (Å²) in [6.07, 6.45) is 6.78. The van der Waals surface area contributed by atoms with Crippen molar-refractivity contribution in [1.29, 1.82) is 0 Å². The Hall–Kier alpha value is -2.28. The highest BCUT2D eigenvalue weighted by Crippen LogP contribution is 2.38. The van der Waals surface area contributed by atoms with Gasteiger partial charge in [0.05, 0.1) is 30.1 Å². The Kier molecular flexibility index (Phi) is 3.89. The van der Waals surface area contributed by atoms with Crippen molar-refractivity contribution in [3.63, 3.8) is 0 Å². The molecule has 1 aliphatic carbocycles. The fourth-order valence-electron chi connectivity index (χ4n) is 2.75. The normalized spacial score (nSPS) is 22.0. The number of hydrogen-bond donors (Lipinski definition) is 2. The molecule has 116 valence electrons. The maximum Gasteiger partial charge on any atom is 0.254 e. The van der Waals surface area contributed by atoms with Crippen LogP contribution < -0.4 is 5.32 Å². The van der Waals surface area contributed by atoms with E-state index in [1.807, 2.05) is 6.20 Å². The fourth-order valence-corrected chi connectivity index (χ4v) is 2.75. The van der Waals surface area contributed by atoms with E-state index in [1.54, 1.807) is 17.9 Å². The van der Waals surface area contributed by atoms with Crippen molar-refractivity contribution in [2.24, 2.45) is 13.0 Å². The molecule has 2 aromatic rings. The second-order valence-corrected chi connectivity index (χ2v) is 5.64. The number of pyridine rings is 1. The molecule has 2 N–H and O–H groups in total. The molecule has 1 fully saturated rings. The first-order valence-corrected chi connectivity index (χ1v) is 7.11. The smallest absolute Gasteiger partial charge is 0.254 e. The lowest BCUT2D eigenvalue weighted by molar-refractivity contribution is 0.0234. The van der Waals surface area contributed by atoms with Gasteiger partial charge in [0.15, 0.2) is 5.82 Å². The third kappa shape index (κ3) is 2.85. The predicted octanol–water partition coefficient (Wildman–Crippen LogP) is 1.20. The van der Waals surface area contributed by atoms with Crippen LogP contribution in [0.2, 0.25) is 0 Å². The van der Waals surface area contributed by atoms with E-state index in [2.05, 4.69) is 15.4 Å². The van der Waals surface area contributed by atoms with Crippen LogP contribution in [0, 0.1) is 11.7 Å². The van der Waals surface area contributed by atoms with Gasteiger partial charge in [-0.15, -0.1) is 0 Å². The van der Waals surface area contributed by atoms with E-state index in [0.717, 1.165) is 11.8 Å². The number of aryl methyl sites for hydroxylation is 1. The average Bonchev–Trinajstić information content (AvgIpc) is 2.88. The van der Waals surface area contributed by atoms with Gasteiger partial charge in [0.1, 0.15) is 0 Å². The van der Waals surface area contributed by atoms with Gasteiger partial charge >= 0.3 is 0 Å². The van der Waals surface area contributed by atoms with Crippen LogP contribution in [0.25, 0.3) is 0 Å². The van der Waals surface area contributed by atoms with Gasteiger partial charge in [-0.2, -0.15) is 5.10 Å². The number of rotatable bonds is 4. The number of aromatic nitrogens is 3. The number of nitrogens with one attached hydrogen (secondary N) is 1. The first kappa shape index (κ1) is 14.6. The first-order valence-electron chi connectivity index (χ1n) is 7.11. The Morgan fingerprint density at radius 1 is 1.50 bits per heavy atom. The van der Waals surface area contributed by atoms with E-state index in [-0.39, 0.29) is 23.6 Å². The lowest BCUT2D eigenvalue weighted by Crippen LogP contribution is -2.41. The van der Waals surface area contributed by atoms with Gasteiger partial charge in [-0.25, -0.2) is 4.39 Å². The molecule has 0 aromatic carbocycles. The largest absolute Gasteiger partial charge is 0.393 e. The van der Waals surface area contributed by atoms with Crippen molar-refractivity contribution >= 4 is 5.91 Å². The molecule has 2 aromatic heterocycles. The van der Waals surface area contributed by atoms with Crippen LogP contribution in [0.3, 0.4) is 0 Å². The molecular weight excluding hydrogens is 287 g/mol. The number of aliphatic hydroxyl groups excluding tert-OH is 1. The molecule has 6 nitrogen and oxygen atoms in total. The second-order valence-electron chi connectivity index (χ2n) is 5.64. The number of amides is 1. The maximum atomic E-state index is 13.7. The summed E-state index contributed by atoms with van der Waals surface area (Å²) in [5, 5.41) is 16.5. The molecule has 0 aliphatic heterocycles. The van der Waals surface area contributed by atoms with E-state index in [9.17, 15) is 14.3 Å². The summed E-state index contributed by atoms with van der Waals surface area (Å²) in [6, 6.07) is 1.05. The van der Waals surface area contributed by atoms with Crippen LogP contribution in [-0.4, -0.2) is 31.9 Å². The summed E-state index contributed by atoms with van der Waals surface area (Å²) in [5.74, 6) is -1.03. The van der Waals surface area contributed by atoms with Crippen molar-refractivity contribution < 1.29 is 14.3 Å². The van der Waals surface area contributed by atoms with Crippen molar-refractivity contribution in [2.75, 3.05) is 0 Å². The molecular formula is C15H17FN4O2. The lowest BCUT2D eigenvalue weighted by Gasteiger charge is -2.37. The predicted molar refractivity (Wildman–Crippen MR) is 76.3 cm³/mol. The lowest BCUT2D eigenvalue weighted by atomic mass is 9.75. The molecule has 2 heterocycles. The summed E-state index contributed by atoms with van der Waals surface area (Å²) in [7, 11) is 1.79. The molecule has 1 aliphatic rings. The zero-order chi connectivity index (χ0) is 15.7. The standard InChI is InChI=1S/C15H17FN4O2/c1-20-8-10(6-18-20)14(9-4-11(21)5-9)19-15(22)12-2-3-17-7-13(12)16/h2-3,6-9,11,14,21H,4-5H2,1H3,(H,19,22). The van der Waals surface area contributed by atoms with Crippen molar-refractivity contribution in [2.45, 2.75) is 25.0 Å². The van der Waals surface area contributed by atoms with Gasteiger partial charge in [0, 0.05) is 25.0 Å². The van der Waals surface area contributed by atoms with Gasteiger partial charge in [-0.1, -0.05) is 0 Å². The van der Waals surface area contributed by atoms with Gasteiger partial charge in [-0.05, 0) is 24.8 Å². The van der Waals surface area contributed by atoms with Crippen LogP contribution in [0.15, 0.2) is 30.9 Å². The molecule has 1 saturated carbocycles. The highest BCUT2D eigenvalue weighted by atomic mass is 19.1. The average molecular weight is 304 g/mol. The number of carbonyl (C=O) groups excluding carboxylic acids is 1. The first-order chi connectivity index (χ1) is 10.5. The minimum absolute atomic E-state index is 0.0382. The molecule has 1 atom stereocenters. The van der Waals surface area contributed by atoms with E-state index < -0.39 is 11.7 Å². The highest BCUT2D eigenvalue weighted by Gasteiger charge is 2.36. The molecule has 1 amide bonds. The maximum absolute atomic E-state index is 13.7. The summed E-state index contributed by atoms with van der Waals surface area (Å²) < 4.78 is 15.3. The Balaban J connectivity index is 1.81. The molecule has 3 rings (SSSR count). The van der Waals surface area contributed by atoms with Gasteiger partial charge < -0.3 is 10.4 Å². The van der Waals surface area contributed by atoms with Crippen LogP contribution in [0.4, 0.5) is 4.39 Å². The van der Waals surface area contributed by atoms with Gasteiger partial charge in [0.25, 0.3) is 5.91 Å². The van der Waals surface area contributed by atoms with Crippen molar-refractivity contribution in [3.05, 3.63) is 47.8 Å². The Morgan fingerprint density at radius 3 is 2.86 bits per heavy atom. The van der Waals surface area contributed by atoms with Crippen LogP contribution in [-0.2, 0) is 7.05 Å². The third-order valence-corrected chi connectivity index (χ3v) is 4.01. The molecule has 0 saturated heterocycles. The quantitative estimate of drug-likeness (QED) is 0.889. The summed E-state index contributed by atoms with van der Waals surface area (Å²) in [4.78, 5) is 16.0. The zero-order valence-corrected chi connectivity index (χ0v) is 12.1. The Morgan fingerprint density at radius 2 is 2.27 bits per heavy atom. The Bertz CT molecular complexity index is 682. The van der Waals surface area contributed by atoms with E-state index in [4.69, 9.17) is 0 Å². The molecule has 7 heteroatoms. The molecule has 22 heavy (non-hydrogen) atoms. The fraction of sp³-hybridized carbons (Fsp3) is 0.400. The van der Waals surface area contributed by atoms with Crippen LogP contribution >= 0.6 is 0 Å². The topological polar surface area (TPSA) is 80.0 Å². The highest BCUT2D eigenvalue weighted by molar-refractivity contribution is 5.94. The Labute approximate surface area is 127 Å². The number of nitrogens with zero attached hydrogens (tertiary/aromatic N) is 3.